The second-order valence-electron chi connectivity index (χ2n) is 3.75. The lowest BCUT2D eigenvalue weighted by Crippen LogP contribution is -2.03. The Balaban J connectivity index is 0. The molecule has 2 aliphatic rings. The Labute approximate surface area is 108 Å². The van der Waals surface area contributed by atoms with E-state index in [1.165, 1.54) is 38.5 Å². The minimum absolute atomic E-state index is 0. The second-order valence-corrected chi connectivity index (χ2v) is 4.57. The first kappa shape index (κ1) is 20.1. The summed E-state index contributed by atoms with van der Waals surface area (Å²) < 4.78 is 44.2. The van der Waals surface area contributed by atoms with Gasteiger partial charge in [0.15, 0.2) is 0 Å². The third-order valence-electron chi connectivity index (χ3n) is 2.15. The fourth-order valence-electron chi connectivity index (χ4n) is 1.37. The van der Waals surface area contributed by atoms with Gasteiger partial charge in [-0.05, 0) is 38.5 Å². The van der Waals surface area contributed by atoms with Crippen LogP contribution in [0.1, 0.15) is 38.5 Å². The van der Waals surface area contributed by atoms with Gasteiger partial charge in [-0.1, -0.05) is 0 Å². The predicted molar refractivity (Wildman–Crippen MR) is 60.5 cm³/mol. The van der Waals surface area contributed by atoms with Crippen LogP contribution in [0.15, 0.2) is 0 Å². The van der Waals surface area contributed by atoms with Crippen LogP contribution < -0.4 is 0 Å². The molecular formula is C10H20O7S-4. The van der Waals surface area contributed by atoms with E-state index >= 15 is 0 Å². The molecule has 0 atom stereocenters. The summed E-state index contributed by atoms with van der Waals surface area (Å²) in [4.78, 5) is 0. The van der Waals surface area contributed by atoms with Crippen molar-refractivity contribution in [3.8, 4) is 0 Å². The summed E-state index contributed by atoms with van der Waals surface area (Å²) in [5.74, 6) is 0. The Hall–Kier alpha value is -0.250. The van der Waals surface area contributed by atoms with E-state index in [4.69, 9.17) is 27.0 Å². The average molecular weight is 284 g/mol. The summed E-state index contributed by atoms with van der Waals surface area (Å²) in [5.41, 5.74) is 0. The molecule has 2 heterocycles. The van der Waals surface area contributed by atoms with Gasteiger partial charge in [0.1, 0.15) is 0 Å². The highest BCUT2D eigenvalue weighted by Gasteiger charge is 1.95. The highest BCUT2D eigenvalue weighted by Crippen LogP contribution is 2.02. The monoisotopic (exact) mass is 284 g/mol. The lowest BCUT2D eigenvalue weighted by atomic mass is 10.2. The summed E-state index contributed by atoms with van der Waals surface area (Å²) in [5, 5.41) is 0. The average Bonchev–Trinajstić information content (AvgIpc) is 2.32. The molecule has 18 heavy (non-hydrogen) atoms. The molecule has 2 fully saturated rings. The van der Waals surface area contributed by atoms with Gasteiger partial charge in [0, 0.05) is 36.8 Å². The van der Waals surface area contributed by atoms with Gasteiger partial charge in [0.25, 0.3) is 0 Å². The van der Waals surface area contributed by atoms with Gasteiger partial charge < -0.3 is 24.1 Å². The molecule has 0 bridgehead atoms. The summed E-state index contributed by atoms with van der Waals surface area (Å²) in [6.45, 7) is 4.00. The quantitative estimate of drug-likeness (QED) is 0.480. The number of ether oxygens (including phenoxy) is 2. The third-order valence-corrected chi connectivity index (χ3v) is 2.15. The third kappa shape index (κ3) is 24.8. The van der Waals surface area contributed by atoms with Crippen LogP contribution in [0.2, 0.25) is 0 Å². The molecule has 0 radical (unpaired) electrons. The summed E-state index contributed by atoms with van der Waals surface area (Å²) in [6, 6.07) is 0. The maximum absolute atomic E-state index is 8.52. The smallest absolute Gasteiger partial charge is 0.0466 e. The largest absolute Gasteiger partial charge is 2.00 e. The zero-order valence-corrected chi connectivity index (χ0v) is 11.2. The molecule has 2 rings (SSSR count). The van der Waals surface area contributed by atoms with Gasteiger partial charge in [-0.15, -0.1) is 0 Å². The first-order chi connectivity index (χ1) is 8.00. The van der Waals surface area contributed by atoms with E-state index < -0.39 is 10.4 Å². The van der Waals surface area contributed by atoms with Gasteiger partial charge in [0.2, 0.25) is 0 Å². The van der Waals surface area contributed by atoms with Gasteiger partial charge >= 0.3 is 0 Å². The lowest BCUT2D eigenvalue weighted by molar-refractivity contribution is 0.0967. The Kier molecular flexibility index (Phi) is 14.7. The Morgan fingerprint density at radius 1 is 0.667 bits per heavy atom. The molecule has 7 nitrogen and oxygen atoms in total. The molecule has 8 heteroatoms. The maximum Gasteiger partial charge on any atom is 0.0466 e. The maximum atomic E-state index is 8.52. The first-order valence-corrected chi connectivity index (χ1v) is 7.15. The van der Waals surface area contributed by atoms with Crippen LogP contribution in [-0.2, 0) is 25.3 Å². The van der Waals surface area contributed by atoms with Gasteiger partial charge in [-0.2, -0.15) is 0 Å². The molecule has 0 unspecified atom stereocenters. The normalized spacial score (nSPS) is 19.2. The molecule has 0 aromatic rings. The van der Waals surface area contributed by atoms with Crippen molar-refractivity contribution in [2.24, 2.45) is 0 Å². The standard InChI is InChI=1S/2C5H10O.H2O4S.O/c2*1-2-4-6-5-3-1;1-5(2,3)4;/h2*1-5H2;(H2,1,2,3,4);/q;;;-2/p-2. The topological polar surface area (TPSA) is 127 Å². The lowest BCUT2D eigenvalue weighted by Gasteiger charge is -2.08. The summed E-state index contributed by atoms with van der Waals surface area (Å²) in [7, 11) is -5.17. The van der Waals surface area contributed by atoms with E-state index in [0.29, 0.717) is 0 Å². The number of hydrogen-bond donors (Lipinski definition) is 0. The Morgan fingerprint density at radius 2 is 0.889 bits per heavy atom. The van der Waals surface area contributed by atoms with Crippen LogP contribution >= 0.6 is 0 Å². The van der Waals surface area contributed by atoms with Crippen molar-refractivity contribution < 1.29 is 32.5 Å². The summed E-state index contributed by atoms with van der Waals surface area (Å²) >= 11 is 0. The van der Waals surface area contributed by atoms with Crippen LogP contribution in [-0.4, -0.2) is 44.0 Å². The van der Waals surface area contributed by atoms with Crippen LogP contribution in [0.5, 0.6) is 0 Å². The SMILES string of the molecule is C1CCOCC1.C1CCOCC1.O=S(=O)([O-])[O-].[O-2]. The fraction of sp³-hybridized carbons (Fsp3) is 1.00. The highest BCUT2D eigenvalue weighted by atomic mass is 32.3. The Bertz CT molecular complexity index is 202. The second kappa shape index (κ2) is 13.2. The van der Waals surface area contributed by atoms with E-state index in [9.17, 15) is 0 Å². The van der Waals surface area contributed by atoms with Crippen molar-refractivity contribution in [1.29, 1.82) is 0 Å². The van der Waals surface area contributed by atoms with E-state index in [1.54, 1.807) is 0 Å². The van der Waals surface area contributed by atoms with Crippen LogP contribution in [0, 0.1) is 0 Å². The number of rotatable bonds is 0. The van der Waals surface area contributed by atoms with Gasteiger partial charge in [0.05, 0.1) is 0 Å². The summed E-state index contributed by atoms with van der Waals surface area (Å²) in [6.07, 6.45) is 7.86. The zero-order chi connectivity index (χ0) is 13.0. The predicted octanol–water partition coefficient (Wildman–Crippen LogP) is 0.917. The van der Waals surface area contributed by atoms with Gasteiger partial charge in [-0.25, -0.2) is 0 Å². The molecule has 0 aromatic carbocycles. The van der Waals surface area contributed by atoms with Crippen LogP contribution in [0.25, 0.3) is 0 Å². The molecule has 0 N–H and O–H groups in total. The van der Waals surface area contributed by atoms with Crippen molar-refractivity contribution in [2.75, 3.05) is 26.4 Å². The molecule has 0 amide bonds. The molecular weight excluding hydrogens is 264 g/mol. The Morgan fingerprint density at radius 3 is 0.944 bits per heavy atom. The highest BCUT2D eigenvalue weighted by molar-refractivity contribution is 7.79. The van der Waals surface area contributed by atoms with Crippen molar-refractivity contribution in [2.45, 2.75) is 38.5 Å². The fourth-order valence-corrected chi connectivity index (χ4v) is 1.37. The van der Waals surface area contributed by atoms with E-state index in [1.807, 2.05) is 0 Å². The minimum Gasteiger partial charge on any atom is -2.00 e. The van der Waals surface area contributed by atoms with E-state index in [-0.39, 0.29) is 5.48 Å². The molecule has 0 spiro atoms. The molecule has 0 saturated carbocycles. The van der Waals surface area contributed by atoms with Crippen molar-refractivity contribution in [3.63, 3.8) is 0 Å². The van der Waals surface area contributed by atoms with Crippen molar-refractivity contribution in [3.05, 3.63) is 0 Å². The molecule has 2 aliphatic heterocycles. The van der Waals surface area contributed by atoms with Crippen LogP contribution in [0.4, 0.5) is 0 Å². The van der Waals surface area contributed by atoms with Crippen molar-refractivity contribution in [1.82, 2.24) is 0 Å². The molecule has 0 aromatic heterocycles. The first-order valence-electron chi connectivity index (χ1n) is 5.82. The van der Waals surface area contributed by atoms with E-state index in [0.717, 1.165) is 26.4 Å². The van der Waals surface area contributed by atoms with Crippen LogP contribution in [0.3, 0.4) is 0 Å². The molecule has 0 aliphatic carbocycles. The zero-order valence-electron chi connectivity index (χ0n) is 10.3. The van der Waals surface area contributed by atoms with Crippen molar-refractivity contribution >= 4 is 10.4 Å². The molecule has 2 saturated heterocycles. The van der Waals surface area contributed by atoms with Gasteiger partial charge in [-0.3, -0.25) is 8.42 Å². The van der Waals surface area contributed by atoms with E-state index in [2.05, 4.69) is 0 Å². The number of hydrogen-bond acceptors (Lipinski definition) is 6. The molecule has 112 valence electrons. The minimum atomic E-state index is -5.17.